The Morgan fingerprint density at radius 1 is 1.03 bits per heavy atom. The molecular formula is C24H32N2O3S. The van der Waals surface area contributed by atoms with Gasteiger partial charge in [-0.05, 0) is 49.6 Å². The number of hydrogen-bond acceptors (Lipinski definition) is 4. The van der Waals surface area contributed by atoms with E-state index in [1.54, 1.807) is 12.0 Å². The van der Waals surface area contributed by atoms with Crippen LogP contribution in [0.1, 0.15) is 39.2 Å². The number of methoxy groups -OCH3 is 1. The van der Waals surface area contributed by atoms with E-state index in [1.165, 1.54) is 11.8 Å². The molecule has 2 unspecified atom stereocenters. The van der Waals surface area contributed by atoms with Crippen LogP contribution < -0.4 is 10.1 Å². The van der Waals surface area contributed by atoms with E-state index in [0.717, 1.165) is 22.6 Å². The molecule has 1 N–H and O–H groups in total. The summed E-state index contributed by atoms with van der Waals surface area (Å²) in [4.78, 5) is 28.9. The van der Waals surface area contributed by atoms with Gasteiger partial charge in [0.15, 0.2) is 0 Å². The van der Waals surface area contributed by atoms with E-state index in [9.17, 15) is 9.59 Å². The Morgan fingerprint density at radius 3 is 2.27 bits per heavy atom. The lowest BCUT2D eigenvalue weighted by Crippen LogP contribution is -2.51. The maximum absolute atomic E-state index is 13.2. The van der Waals surface area contributed by atoms with Crippen LogP contribution in [0.4, 0.5) is 0 Å². The Labute approximate surface area is 184 Å². The molecule has 0 saturated carbocycles. The average Bonchev–Trinajstić information content (AvgIpc) is 2.78. The number of nitrogens with zero attached hydrogens (tertiary/aromatic N) is 1. The maximum atomic E-state index is 13.2. The van der Waals surface area contributed by atoms with Crippen LogP contribution in [0.25, 0.3) is 0 Å². The highest BCUT2D eigenvalue weighted by molar-refractivity contribution is 8.00. The molecule has 2 atom stereocenters. The van der Waals surface area contributed by atoms with E-state index in [-0.39, 0.29) is 23.6 Å². The van der Waals surface area contributed by atoms with Crippen LogP contribution in [-0.2, 0) is 16.1 Å². The smallest absolute Gasteiger partial charge is 0.243 e. The Bertz CT molecular complexity index is 796. The third-order valence-corrected chi connectivity index (χ3v) is 6.00. The van der Waals surface area contributed by atoms with E-state index in [0.29, 0.717) is 13.0 Å². The predicted molar refractivity (Wildman–Crippen MR) is 123 cm³/mol. The standard InChI is InChI=1S/C24H32N2O3S/c1-5-18(3)25-24(28)22(6-2)26(16-19-12-14-20(29-4)15-13-19)23(27)17-30-21-10-8-7-9-11-21/h7-15,18,22H,5-6,16-17H2,1-4H3,(H,25,28). The average molecular weight is 429 g/mol. The summed E-state index contributed by atoms with van der Waals surface area (Å²) < 4.78 is 5.22. The molecule has 0 radical (unpaired) electrons. The molecule has 0 aliphatic carbocycles. The number of nitrogens with one attached hydrogen (secondary N) is 1. The topological polar surface area (TPSA) is 58.6 Å². The number of ether oxygens (including phenoxy) is 1. The minimum Gasteiger partial charge on any atom is -0.497 e. The van der Waals surface area contributed by atoms with Gasteiger partial charge in [-0.25, -0.2) is 0 Å². The lowest BCUT2D eigenvalue weighted by atomic mass is 10.1. The number of rotatable bonds is 11. The molecule has 0 heterocycles. The first-order valence-corrected chi connectivity index (χ1v) is 11.4. The number of hydrogen-bond donors (Lipinski definition) is 1. The monoisotopic (exact) mass is 428 g/mol. The fourth-order valence-electron chi connectivity index (χ4n) is 3.03. The van der Waals surface area contributed by atoms with E-state index >= 15 is 0 Å². The molecule has 6 heteroatoms. The first kappa shape index (κ1) is 23.8. The number of benzene rings is 2. The van der Waals surface area contributed by atoms with Gasteiger partial charge in [-0.15, -0.1) is 11.8 Å². The molecule has 0 aliphatic heterocycles. The quantitative estimate of drug-likeness (QED) is 0.535. The van der Waals surface area contributed by atoms with Crippen LogP contribution >= 0.6 is 11.8 Å². The Kier molecular flexibility index (Phi) is 9.74. The SMILES string of the molecule is CCC(C)NC(=O)C(CC)N(Cc1ccc(OC)cc1)C(=O)CSc1ccccc1. The maximum Gasteiger partial charge on any atom is 0.243 e. The normalized spacial score (nSPS) is 12.7. The van der Waals surface area contributed by atoms with Crippen molar-refractivity contribution in [1.29, 1.82) is 0 Å². The van der Waals surface area contributed by atoms with Gasteiger partial charge < -0.3 is 15.0 Å². The van der Waals surface area contributed by atoms with Gasteiger partial charge in [0.1, 0.15) is 11.8 Å². The van der Waals surface area contributed by atoms with E-state index < -0.39 is 6.04 Å². The van der Waals surface area contributed by atoms with E-state index in [1.807, 2.05) is 75.4 Å². The molecule has 2 aromatic rings. The molecule has 30 heavy (non-hydrogen) atoms. The van der Waals surface area contributed by atoms with Gasteiger partial charge in [0.05, 0.1) is 12.9 Å². The van der Waals surface area contributed by atoms with Gasteiger partial charge in [-0.1, -0.05) is 44.2 Å². The van der Waals surface area contributed by atoms with Crippen molar-refractivity contribution in [2.45, 2.75) is 57.1 Å². The van der Waals surface area contributed by atoms with Crippen molar-refractivity contribution in [1.82, 2.24) is 10.2 Å². The lowest BCUT2D eigenvalue weighted by Gasteiger charge is -2.31. The Balaban J connectivity index is 2.19. The molecule has 2 amide bonds. The zero-order valence-electron chi connectivity index (χ0n) is 18.3. The second kappa shape index (κ2) is 12.3. The Morgan fingerprint density at radius 2 is 1.70 bits per heavy atom. The molecule has 0 bridgehead atoms. The van der Waals surface area contributed by atoms with E-state index in [4.69, 9.17) is 4.74 Å². The summed E-state index contributed by atoms with van der Waals surface area (Å²) in [6, 6.07) is 17.0. The lowest BCUT2D eigenvalue weighted by molar-refractivity contribution is -0.139. The fourth-order valence-corrected chi connectivity index (χ4v) is 3.84. The van der Waals surface area contributed by atoms with Crippen LogP contribution in [0.15, 0.2) is 59.5 Å². The molecule has 0 spiro atoms. The highest BCUT2D eigenvalue weighted by atomic mass is 32.2. The second-order valence-electron chi connectivity index (χ2n) is 7.21. The van der Waals surface area contributed by atoms with Crippen molar-refractivity contribution in [3.63, 3.8) is 0 Å². The Hall–Kier alpha value is -2.47. The van der Waals surface area contributed by atoms with Crippen molar-refractivity contribution >= 4 is 23.6 Å². The van der Waals surface area contributed by atoms with Gasteiger partial charge in [0, 0.05) is 17.5 Å². The third-order valence-electron chi connectivity index (χ3n) is 5.00. The highest BCUT2D eigenvalue weighted by Crippen LogP contribution is 2.21. The first-order chi connectivity index (χ1) is 14.5. The van der Waals surface area contributed by atoms with Crippen molar-refractivity contribution in [2.75, 3.05) is 12.9 Å². The molecule has 0 fully saturated rings. The van der Waals surface area contributed by atoms with Crippen LogP contribution in [0.2, 0.25) is 0 Å². The number of amides is 2. The van der Waals surface area contributed by atoms with Crippen LogP contribution in [0.5, 0.6) is 5.75 Å². The fraction of sp³-hybridized carbons (Fsp3) is 0.417. The van der Waals surface area contributed by atoms with Crippen LogP contribution in [0, 0.1) is 0 Å². The highest BCUT2D eigenvalue weighted by Gasteiger charge is 2.29. The third kappa shape index (κ3) is 7.10. The molecule has 162 valence electrons. The summed E-state index contributed by atoms with van der Waals surface area (Å²) in [6.45, 7) is 6.33. The predicted octanol–water partition coefficient (Wildman–Crippen LogP) is 4.51. The molecule has 0 aliphatic rings. The minimum atomic E-state index is -0.509. The summed E-state index contributed by atoms with van der Waals surface area (Å²) >= 11 is 1.49. The minimum absolute atomic E-state index is 0.0502. The molecule has 5 nitrogen and oxygen atoms in total. The van der Waals surface area contributed by atoms with Crippen molar-refractivity contribution in [2.24, 2.45) is 0 Å². The van der Waals surface area contributed by atoms with Crippen LogP contribution in [0.3, 0.4) is 0 Å². The number of carbonyl (C=O) groups is 2. The summed E-state index contributed by atoms with van der Waals surface area (Å²) in [7, 11) is 1.62. The molecule has 2 rings (SSSR count). The van der Waals surface area contributed by atoms with Gasteiger partial charge >= 0.3 is 0 Å². The summed E-state index contributed by atoms with van der Waals surface area (Å²) in [5.41, 5.74) is 0.962. The molecular weight excluding hydrogens is 396 g/mol. The number of carbonyl (C=O) groups excluding carboxylic acids is 2. The molecule has 0 saturated heterocycles. The van der Waals surface area contributed by atoms with Gasteiger partial charge in [-0.2, -0.15) is 0 Å². The second-order valence-corrected chi connectivity index (χ2v) is 8.26. The molecule has 0 aromatic heterocycles. The van der Waals surface area contributed by atoms with E-state index in [2.05, 4.69) is 5.32 Å². The van der Waals surface area contributed by atoms with Crippen LogP contribution in [-0.4, -0.2) is 41.7 Å². The molecule has 2 aromatic carbocycles. The summed E-state index contributed by atoms with van der Waals surface area (Å²) in [6.07, 6.45) is 1.40. The van der Waals surface area contributed by atoms with Crippen molar-refractivity contribution in [3.05, 3.63) is 60.2 Å². The zero-order chi connectivity index (χ0) is 21.9. The number of thioether (sulfide) groups is 1. The first-order valence-electron chi connectivity index (χ1n) is 10.4. The van der Waals surface area contributed by atoms with Crippen molar-refractivity contribution in [3.8, 4) is 5.75 Å². The van der Waals surface area contributed by atoms with Gasteiger partial charge in [0.25, 0.3) is 0 Å². The largest absolute Gasteiger partial charge is 0.497 e. The zero-order valence-corrected chi connectivity index (χ0v) is 19.1. The van der Waals surface area contributed by atoms with Gasteiger partial charge in [-0.3, -0.25) is 9.59 Å². The summed E-state index contributed by atoms with van der Waals surface area (Å²) in [5, 5.41) is 3.03. The van der Waals surface area contributed by atoms with Gasteiger partial charge in [0.2, 0.25) is 11.8 Å². The van der Waals surface area contributed by atoms with Crippen molar-refractivity contribution < 1.29 is 14.3 Å². The summed E-state index contributed by atoms with van der Waals surface area (Å²) in [5.74, 6) is 0.898.